The number of anilines is 1. The molecule has 2 aromatic rings. The highest BCUT2D eigenvalue weighted by Gasteiger charge is 2.19. The average Bonchev–Trinajstić information content (AvgIpc) is 2.61. The number of hydrogen-bond acceptors (Lipinski definition) is 5. The predicted molar refractivity (Wildman–Crippen MR) is 92.5 cm³/mol. The van der Waals surface area contributed by atoms with Crippen LogP contribution < -0.4 is 10.1 Å². The number of ether oxygens (including phenoxy) is 2. The van der Waals surface area contributed by atoms with Crippen LogP contribution in [0.5, 0.6) is 5.75 Å². The highest BCUT2D eigenvalue weighted by atomic mass is 19.1. The van der Waals surface area contributed by atoms with Gasteiger partial charge in [-0.2, -0.15) is 0 Å². The number of hydrogen-bond donors (Lipinski definition) is 1. The molecule has 0 heterocycles. The van der Waals surface area contributed by atoms with Gasteiger partial charge in [-0.25, -0.2) is 9.18 Å². The molecular weight excluding hydrogens is 341 g/mol. The van der Waals surface area contributed by atoms with E-state index in [9.17, 15) is 18.8 Å². The van der Waals surface area contributed by atoms with Gasteiger partial charge in [0.05, 0.1) is 13.0 Å². The van der Waals surface area contributed by atoms with E-state index >= 15 is 0 Å². The molecule has 0 spiro atoms. The summed E-state index contributed by atoms with van der Waals surface area (Å²) in [5.41, 5.74) is 0.990. The molecule has 1 N–H and O–H groups in total. The first kappa shape index (κ1) is 19.1. The normalized spacial score (nSPS) is 11.4. The lowest BCUT2D eigenvalue weighted by atomic mass is 10.00. The highest BCUT2D eigenvalue weighted by Crippen LogP contribution is 2.25. The number of methoxy groups -OCH3 is 1. The van der Waals surface area contributed by atoms with Crippen molar-refractivity contribution in [1.82, 2.24) is 0 Å². The molecule has 2 aromatic carbocycles. The summed E-state index contributed by atoms with van der Waals surface area (Å²) >= 11 is 0. The smallest absolute Gasteiger partial charge is 0.341 e. The van der Waals surface area contributed by atoms with Crippen molar-refractivity contribution in [2.75, 3.05) is 12.4 Å². The zero-order valence-electron chi connectivity index (χ0n) is 14.5. The fourth-order valence-corrected chi connectivity index (χ4v) is 2.27. The fraction of sp³-hybridized carbons (Fsp3) is 0.211. The molecule has 1 unspecified atom stereocenters. The zero-order valence-corrected chi connectivity index (χ0v) is 14.5. The third-order valence-corrected chi connectivity index (χ3v) is 3.67. The Kier molecular flexibility index (Phi) is 6.06. The van der Waals surface area contributed by atoms with E-state index in [0.717, 1.165) is 0 Å². The van der Waals surface area contributed by atoms with Crippen molar-refractivity contribution in [2.24, 2.45) is 0 Å². The molecule has 0 aromatic heterocycles. The number of carbonyl (C=O) groups excluding carboxylic acids is 3. The molecule has 0 saturated heterocycles. The molecule has 0 aliphatic carbocycles. The van der Waals surface area contributed by atoms with Gasteiger partial charge in [-0.05, 0) is 42.8 Å². The zero-order chi connectivity index (χ0) is 19.3. The minimum Gasteiger partial charge on any atom is -0.465 e. The summed E-state index contributed by atoms with van der Waals surface area (Å²) in [7, 11) is 1.20. The Morgan fingerprint density at radius 3 is 2.31 bits per heavy atom. The summed E-state index contributed by atoms with van der Waals surface area (Å²) in [6.45, 7) is 2.89. The summed E-state index contributed by atoms with van der Waals surface area (Å²) in [5, 5.41) is 2.67. The molecule has 0 aliphatic heterocycles. The predicted octanol–water partition coefficient (Wildman–Crippen LogP) is 3.28. The maximum atomic E-state index is 13.0. The molecule has 1 atom stereocenters. The standard InChI is InChI=1S/C19H18FNO5/c1-11(13-4-6-14(20)7-5-13)18(23)21-15-8-9-17(26-12(2)22)16(10-15)19(24)25-3/h4-11H,1-3H3,(H,21,23). The van der Waals surface area contributed by atoms with Crippen molar-refractivity contribution in [1.29, 1.82) is 0 Å². The van der Waals surface area contributed by atoms with Gasteiger partial charge in [0.15, 0.2) is 0 Å². The first-order valence-corrected chi connectivity index (χ1v) is 7.79. The number of carbonyl (C=O) groups is 3. The number of esters is 2. The number of amides is 1. The van der Waals surface area contributed by atoms with E-state index in [0.29, 0.717) is 11.3 Å². The summed E-state index contributed by atoms with van der Waals surface area (Å²) in [6, 6.07) is 9.88. The van der Waals surface area contributed by atoms with Gasteiger partial charge in [-0.1, -0.05) is 12.1 Å². The van der Waals surface area contributed by atoms with Crippen molar-refractivity contribution >= 4 is 23.5 Å². The molecule has 0 radical (unpaired) electrons. The lowest BCUT2D eigenvalue weighted by molar-refractivity contribution is -0.131. The van der Waals surface area contributed by atoms with Crippen LogP contribution in [0.15, 0.2) is 42.5 Å². The van der Waals surface area contributed by atoms with Gasteiger partial charge >= 0.3 is 11.9 Å². The molecule has 1 amide bonds. The number of rotatable bonds is 5. The third-order valence-electron chi connectivity index (χ3n) is 3.67. The Labute approximate surface area is 149 Å². The van der Waals surface area contributed by atoms with Crippen LogP contribution in [0, 0.1) is 5.82 Å². The summed E-state index contributed by atoms with van der Waals surface area (Å²) < 4.78 is 22.6. The maximum absolute atomic E-state index is 13.0. The number of nitrogens with one attached hydrogen (secondary N) is 1. The van der Waals surface area contributed by atoms with Crippen LogP contribution in [-0.2, 0) is 14.3 Å². The fourth-order valence-electron chi connectivity index (χ4n) is 2.27. The van der Waals surface area contributed by atoms with Gasteiger partial charge in [0.1, 0.15) is 17.1 Å². The lowest BCUT2D eigenvalue weighted by Crippen LogP contribution is -2.19. The Balaban J connectivity index is 2.22. The van der Waals surface area contributed by atoms with E-state index in [1.54, 1.807) is 6.92 Å². The van der Waals surface area contributed by atoms with E-state index in [-0.39, 0.29) is 23.0 Å². The maximum Gasteiger partial charge on any atom is 0.341 e. The molecule has 2 rings (SSSR count). The van der Waals surface area contributed by atoms with E-state index in [1.807, 2.05) is 0 Å². The molecule has 6 nitrogen and oxygen atoms in total. The van der Waals surface area contributed by atoms with Crippen molar-refractivity contribution < 1.29 is 28.2 Å². The van der Waals surface area contributed by atoms with Gasteiger partial charge in [-0.3, -0.25) is 9.59 Å². The number of halogens is 1. The molecule has 0 bridgehead atoms. The second-order valence-electron chi connectivity index (χ2n) is 5.56. The van der Waals surface area contributed by atoms with Gasteiger partial charge in [0.25, 0.3) is 0 Å². The van der Waals surface area contributed by atoms with Crippen LogP contribution in [0.2, 0.25) is 0 Å². The molecule has 136 valence electrons. The Morgan fingerprint density at radius 1 is 1.08 bits per heavy atom. The van der Waals surface area contributed by atoms with Gasteiger partial charge in [0.2, 0.25) is 5.91 Å². The summed E-state index contributed by atoms with van der Waals surface area (Å²) in [5.74, 6) is -2.52. The molecule has 0 saturated carbocycles. The van der Waals surface area contributed by atoms with Crippen LogP contribution in [0.1, 0.15) is 35.7 Å². The first-order chi connectivity index (χ1) is 12.3. The van der Waals surface area contributed by atoms with Crippen molar-refractivity contribution in [2.45, 2.75) is 19.8 Å². The Hall–Kier alpha value is -3.22. The molecular formula is C19H18FNO5. The van der Waals surface area contributed by atoms with Crippen molar-refractivity contribution in [3.8, 4) is 5.75 Å². The highest BCUT2D eigenvalue weighted by molar-refractivity contribution is 5.99. The largest absolute Gasteiger partial charge is 0.465 e. The van der Waals surface area contributed by atoms with Crippen molar-refractivity contribution in [3.05, 3.63) is 59.4 Å². The quantitative estimate of drug-likeness (QED) is 0.654. The van der Waals surface area contributed by atoms with Gasteiger partial charge in [-0.15, -0.1) is 0 Å². The van der Waals surface area contributed by atoms with Crippen LogP contribution >= 0.6 is 0 Å². The van der Waals surface area contributed by atoms with Crippen LogP contribution in [0.25, 0.3) is 0 Å². The van der Waals surface area contributed by atoms with Crippen LogP contribution in [0.3, 0.4) is 0 Å². The summed E-state index contributed by atoms with van der Waals surface area (Å²) in [4.78, 5) is 35.4. The molecule has 7 heteroatoms. The number of benzene rings is 2. The average molecular weight is 359 g/mol. The van der Waals surface area contributed by atoms with E-state index < -0.39 is 17.9 Å². The molecule has 0 aliphatic rings. The van der Waals surface area contributed by atoms with Crippen LogP contribution in [0.4, 0.5) is 10.1 Å². The second-order valence-corrected chi connectivity index (χ2v) is 5.56. The SMILES string of the molecule is COC(=O)c1cc(NC(=O)C(C)c2ccc(F)cc2)ccc1OC(C)=O. The lowest BCUT2D eigenvalue weighted by Gasteiger charge is -2.14. The van der Waals surface area contributed by atoms with E-state index in [2.05, 4.69) is 10.1 Å². The molecule has 0 fully saturated rings. The van der Waals surface area contributed by atoms with E-state index in [1.165, 1.54) is 56.5 Å². The van der Waals surface area contributed by atoms with Gasteiger partial charge < -0.3 is 14.8 Å². The first-order valence-electron chi connectivity index (χ1n) is 7.79. The topological polar surface area (TPSA) is 81.7 Å². The Bertz CT molecular complexity index is 832. The monoisotopic (exact) mass is 359 g/mol. The minimum atomic E-state index is -0.705. The van der Waals surface area contributed by atoms with Crippen LogP contribution in [-0.4, -0.2) is 25.0 Å². The van der Waals surface area contributed by atoms with Gasteiger partial charge in [0, 0.05) is 12.6 Å². The van der Waals surface area contributed by atoms with E-state index in [4.69, 9.17) is 4.74 Å². The Morgan fingerprint density at radius 2 is 1.73 bits per heavy atom. The van der Waals surface area contributed by atoms with Crippen molar-refractivity contribution in [3.63, 3.8) is 0 Å². The molecule has 26 heavy (non-hydrogen) atoms. The summed E-state index contributed by atoms with van der Waals surface area (Å²) in [6.07, 6.45) is 0. The second kappa shape index (κ2) is 8.24. The minimum absolute atomic E-state index is 0.00920. The third kappa shape index (κ3) is 4.66.